The first kappa shape index (κ1) is 41.4. The monoisotopic (exact) mass is 748 g/mol. The van der Waals surface area contributed by atoms with Gasteiger partial charge in [0.2, 0.25) is 41.4 Å². The van der Waals surface area contributed by atoms with Gasteiger partial charge < -0.3 is 51.5 Å². The first-order chi connectivity index (χ1) is 25.0. The van der Waals surface area contributed by atoms with E-state index >= 15 is 0 Å². The molecule has 4 fully saturated rings. The van der Waals surface area contributed by atoms with Crippen molar-refractivity contribution in [2.75, 3.05) is 26.2 Å². The molecule has 4 aliphatic heterocycles. The number of nitrogens with one attached hydrogen (secondary N) is 5. The maximum absolute atomic E-state index is 13.5. The summed E-state index contributed by atoms with van der Waals surface area (Å²) in [5.41, 5.74) is 0. The average molecular weight is 749 g/mol. The average Bonchev–Trinajstić information content (AvgIpc) is 3.94. The number of rotatable bonds is 14. The minimum Gasteiger partial charge on any atom is -0.480 e. The molecule has 0 aromatic heterocycles. The molecule has 0 aromatic rings. The molecule has 4 aliphatic rings. The van der Waals surface area contributed by atoms with Gasteiger partial charge in [0, 0.05) is 19.6 Å². The zero-order chi connectivity index (χ0) is 39.1. The summed E-state index contributed by atoms with van der Waals surface area (Å²) in [7, 11) is 0. The molecule has 0 unspecified atom stereocenters. The van der Waals surface area contributed by atoms with Gasteiger partial charge in [-0.05, 0) is 84.6 Å². The molecule has 7 N–H and O–H groups in total. The Bertz CT molecular complexity index is 1420. The van der Waals surface area contributed by atoms with Crippen LogP contribution in [0.2, 0.25) is 0 Å². The van der Waals surface area contributed by atoms with Gasteiger partial charge in [0.1, 0.15) is 42.3 Å². The molecular weight excluding hydrogens is 692 g/mol. The van der Waals surface area contributed by atoms with Crippen molar-refractivity contribution in [1.29, 1.82) is 0 Å². The van der Waals surface area contributed by atoms with Crippen LogP contribution in [0.15, 0.2) is 0 Å². The van der Waals surface area contributed by atoms with Crippen molar-refractivity contribution in [2.24, 2.45) is 5.92 Å². The first-order valence-corrected chi connectivity index (χ1v) is 18.8. The molecule has 0 saturated carbocycles. The highest BCUT2D eigenvalue weighted by Gasteiger charge is 2.44. The van der Waals surface area contributed by atoms with Gasteiger partial charge in [0.05, 0.1) is 12.1 Å². The van der Waals surface area contributed by atoms with Crippen LogP contribution in [0.4, 0.5) is 0 Å². The second-order valence-corrected chi connectivity index (χ2v) is 15.0. The molecule has 0 aliphatic carbocycles. The van der Waals surface area contributed by atoms with Crippen molar-refractivity contribution in [2.45, 2.75) is 140 Å². The Balaban J connectivity index is 1.32. The Morgan fingerprint density at radius 1 is 0.604 bits per heavy atom. The largest absolute Gasteiger partial charge is 0.480 e. The van der Waals surface area contributed by atoms with Gasteiger partial charge in [0.25, 0.3) is 0 Å². The van der Waals surface area contributed by atoms with Crippen molar-refractivity contribution >= 4 is 47.3 Å². The topological polar surface area (TPSA) is 247 Å². The number of carbonyl (C=O) groups is 8. The summed E-state index contributed by atoms with van der Waals surface area (Å²) in [5, 5.41) is 33.4. The number of likely N-dealkylation sites (tertiary alicyclic amines) is 3. The summed E-state index contributed by atoms with van der Waals surface area (Å²) >= 11 is 0. The molecular formula is C35H56N8O10. The first-order valence-electron chi connectivity index (χ1n) is 18.8. The lowest BCUT2D eigenvalue weighted by molar-refractivity contribution is -0.152. The quantitative estimate of drug-likeness (QED) is 0.101. The normalized spacial score (nSPS) is 25.7. The van der Waals surface area contributed by atoms with Crippen molar-refractivity contribution < 1.29 is 48.6 Å². The summed E-state index contributed by atoms with van der Waals surface area (Å²) in [4.78, 5) is 109. The van der Waals surface area contributed by atoms with Crippen LogP contribution in [0.3, 0.4) is 0 Å². The fourth-order valence-corrected chi connectivity index (χ4v) is 7.61. The number of aliphatic hydroxyl groups excluding tert-OH is 1. The molecule has 18 heteroatoms. The third-order valence-corrected chi connectivity index (χ3v) is 10.6. The zero-order valence-corrected chi connectivity index (χ0v) is 31.3. The molecule has 0 spiro atoms. The third kappa shape index (κ3) is 9.82. The van der Waals surface area contributed by atoms with E-state index in [4.69, 9.17) is 0 Å². The van der Waals surface area contributed by atoms with Gasteiger partial charge in [-0.15, -0.1) is 0 Å². The smallest absolute Gasteiger partial charge is 0.326 e. The van der Waals surface area contributed by atoms with E-state index in [2.05, 4.69) is 26.6 Å². The Morgan fingerprint density at radius 2 is 1.15 bits per heavy atom. The molecule has 296 valence electrons. The van der Waals surface area contributed by atoms with Crippen LogP contribution in [-0.2, 0) is 38.4 Å². The fourth-order valence-electron chi connectivity index (χ4n) is 7.61. The maximum Gasteiger partial charge on any atom is 0.326 e. The highest BCUT2D eigenvalue weighted by molar-refractivity contribution is 5.98. The van der Waals surface area contributed by atoms with Crippen molar-refractivity contribution in [3.05, 3.63) is 0 Å². The lowest BCUT2D eigenvalue weighted by atomic mass is 10.0. The van der Waals surface area contributed by atoms with Crippen LogP contribution in [0, 0.1) is 5.92 Å². The Hall–Kier alpha value is -4.32. The highest BCUT2D eigenvalue weighted by atomic mass is 16.4. The van der Waals surface area contributed by atoms with E-state index in [1.807, 2.05) is 0 Å². The second-order valence-electron chi connectivity index (χ2n) is 15.0. The Kier molecular flexibility index (Phi) is 14.2. The molecule has 0 aromatic carbocycles. The molecule has 18 nitrogen and oxygen atoms in total. The predicted molar refractivity (Wildman–Crippen MR) is 188 cm³/mol. The van der Waals surface area contributed by atoms with Crippen LogP contribution in [0.5, 0.6) is 0 Å². The summed E-state index contributed by atoms with van der Waals surface area (Å²) in [5.74, 6) is -5.54. The summed E-state index contributed by atoms with van der Waals surface area (Å²) in [6.07, 6.45) is 3.04. The molecule has 4 saturated heterocycles. The predicted octanol–water partition coefficient (Wildman–Crippen LogP) is -2.19. The van der Waals surface area contributed by atoms with E-state index in [-0.39, 0.29) is 25.0 Å². The molecule has 53 heavy (non-hydrogen) atoms. The van der Waals surface area contributed by atoms with Crippen LogP contribution in [-0.4, -0.2) is 153 Å². The molecule has 7 amide bonds. The SMILES string of the molecule is CC(C)[C@H](NC(=O)[C@@H](NC(=O)[C@H](C)NC(=O)[C@@H]1CCCN1C(=O)[C@@H]1CCCN1)[C@@H](C)O)C(=O)N[C@@H](C)C(=O)N1CCC[C@H]1C(=O)N1CCC[C@H]1C(=O)O. The minimum atomic E-state index is -1.51. The van der Waals surface area contributed by atoms with Crippen LogP contribution < -0.4 is 26.6 Å². The number of hydrogen-bond acceptors (Lipinski definition) is 10. The van der Waals surface area contributed by atoms with Crippen molar-refractivity contribution in [3.63, 3.8) is 0 Å². The summed E-state index contributed by atoms with van der Waals surface area (Å²) < 4.78 is 0. The van der Waals surface area contributed by atoms with Crippen LogP contribution in [0.25, 0.3) is 0 Å². The van der Waals surface area contributed by atoms with E-state index < -0.39 is 95.7 Å². The number of aliphatic hydroxyl groups is 1. The molecule has 4 rings (SSSR count). The molecule has 0 radical (unpaired) electrons. The van der Waals surface area contributed by atoms with E-state index in [0.29, 0.717) is 51.5 Å². The lowest BCUT2D eigenvalue weighted by Crippen LogP contribution is -2.62. The number of amides is 7. The Labute approximate surface area is 309 Å². The molecule has 4 heterocycles. The Morgan fingerprint density at radius 3 is 1.72 bits per heavy atom. The lowest BCUT2D eigenvalue weighted by Gasteiger charge is -2.32. The van der Waals surface area contributed by atoms with Crippen molar-refractivity contribution in [3.8, 4) is 0 Å². The number of aliphatic carboxylic acids is 1. The second kappa shape index (κ2) is 18.1. The zero-order valence-electron chi connectivity index (χ0n) is 31.3. The number of nitrogens with zero attached hydrogens (tertiary/aromatic N) is 3. The standard InChI is InChI=1S/C35H56N8O10/c1-18(2)26(30(47)38-20(4)32(49)42-16-8-12-24(42)34(51)43-17-9-13-25(43)35(52)53)39-31(48)27(21(5)44)40-28(45)19(3)37-29(46)23-11-7-15-41(23)33(50)22-10-6-14-36-22/h18-27,36,44H,6-17H2,1-5H3,(H,37,46)(H,38,47)(H,39,48)(H,40,45)(H,52,53)/t19-,20-,21+,22-,23-,24-,25-,26-,27-/m0/s1. The summed E-state index contributed by atoms with van der Waals surface area (Å²) in [6.45, 7) is 9.20. The van der Waals surface area contributed by atoms with E-state index in [0.717, 1.165) is 13.0 Å². The number of hydrogen-bond donors (Lipinski definition) is 7. The number of carboxylic acids is 1. The molecule has 0 bridgehead atoms. The number of carboxylic acid groups (broad SMARTS) is 1. The highest BCUT2D eigenvalue weighted by Crippen LogP contribution is 2.26. The van der Waals surface area contributed by atoms with Gasteiger partial charge in [-0.25, -0.2) is 4.79 Å². The van der Waals surface area contributed by atoms with E-state index in [1.165, 1.54) is 35.5 Å². The minimum absolute atomic E-state index is 0.144. The van der Waals surface area contributed by atoms with Gasteiger partial charge >= 0.3 is 5.97 Å². The van der Waals surface area contributed by atoms with E-state index in [1.54, 1.807) is 13.8 Å². The summed E-state index contributed by atoms with van der Waals surface area (Å²) in [6, 6.07) is -7.78. The molecule has 9 atom stereocenters. The van der Waals surface area contributed by atoms with E-state index in [9.17, 15) is 48.6 Å². The van der Waals surface area contributed by atoms with Crippen LogP contribution >= 0.6 is 0 Å². The van der Waals surface area contributed by atoms with Gasteiger partial charge in [-0.1, -0.05) is 13.8 Å². The maximum atomic E-state index is 13.5. The third-order valence-electron chi connectivity index (χ3n) is 10.6. The van der Waals surface area contributed by atoms with Gasteiger partial charge in [-0.3, -0.25) is 33.6 Å². The van der Waals surface area contributed by atoms with Gasteiger partial charge in [0.15, 0.2) is 0 Å². The number of carbonyl (C=O) groups excluding carboxylic acids is 7. The van der Waals surface area contributed by atoms with Crippen LogP contribution in [0.1, 0.15) is 86.0 Å². The fraction of sp³-hybridized carbons (Fsp3) is 0.771. The van der Waals surface area contributed by atoms with Gasteiger partial charge in [-0.2, -0.15) is 0 Å². The van der Waals surface area contributed by atoms with Crippen molar-refractivity contribution in [1.82, 2.24) is 41.3 Å².